The highest BCUT2D eigenvalue weighted by atomic mass is 35.5. The molecule has 3 nitrogen and oxygen atoms in total. The first-order valence-electron chi connectivity index (χ1n) is 5.84. The van der Waals surface area contributed by atoms with E-state index in [2.05, 4.69) is 4.98 Å². The molecule has 0 bridgehead atoms. The van der Waals surface area contributed by atoms with Crippen molar-refractivity contribution in [1.82, 2.24) is 9.55 Å². The van der Waals surface area contributed by atoms with Gasteiger partial charge in [-0.2, -0.15) is 0 Å². The van der Waals surface area contributed by atoms with E-state index in [9.17, 15) is 9.50 Å². The number of hydrogen-bond donors (Lipinski definition) is 1. The van der Waals surface area contributed by atoms with E-state index in [-0.39, 0.29) is 5.82 Å². The van der Waals surface area contributed by atoms with Gasteiger partial charge in [-0.1, -0.05) is 23.7 Å². The van der Waals surface area contributed by atoms with Gasteiger partial charge in [-0.25, -0.2) is 9.37 Å². The van der Waals surface area contributed by atoms with Crippen molar-refractivity contribution in [3.05, 3.63) is 40.9 Å². The number of imidazole rings is 1. The number of halogens is 2. The van der Waals surface area contributed by atoms with Crippen LogP contribution in [0, 0.1) is 5.82 Å². The number of aromatic nitrogens is 2. The molecule has 1 aromatic carbocycles. The lowest BCUT2D eigenvalue weighted by Crippen LogP contribution is -2.24. The Labute approximate surface area is 109 Å². The maximum atomic E-state index is 13.8. The van der Waals surface area contributed by atoms with Crippen LogP contribution in [-0.4, -0.2) is 20.8 Å². The highest BCUT2D eigenvalue weighted by Crippen LogP contribution is 2.31. The third kappa shape index (κ3) is 1.82. The quantitative estimate of drug-likeness (QED) is 0.862. The molecule has 0 saturated heterocycles. The molecule has 18 heavy (non-hydrogen) atoms. The number of aliphatic hydroxyl groups excluding tert-OH is 1. The molecule has 0 spiro atoms. The first kappa shape index (κ1) is 11.7. The fourth-order valence-corrected chi connectivity index (χ4v) is 2.62. The first-order chi connectivity index (χ1) is 8.66. The molecular formula is C13H12ClFN2O. The van der Waals surface area contributed by atoms with E-state index < -0.39 is 6.10 Å². The minimum absolute atomic E-state index is 0.331. The van der Waals surface area contributed by atoms with Crippen molar-refractivity contribution in [2.24, 2.45) is 0 Å². The Morgan fingerprint density at radius 1 is 1.39 bits per heavy atom. The average Bonchev–Trinajstić information content (AvgIpc) is 2.67. The third-order valence-corrected chi connectivity index (χ3v) is 3.55. The van der Waals surface area contributed by atoms with Crippen LogP contribution in [-0.2, 0) is 13.0 Å². The van der Waals surface area contributed by atoms with Gasteiger partial charge in [0, 0.05) is 0 Å². The monoisotopic (exact) mass is 266 g/mol. The van der Waals surface area contributed by atoms with Crippen molar-refractivity contribution >= 4 is 11.6 Å². The van der Waals surface area contributed by atoms with E-state index in [4.69, 9.17) is 11.6 Å². The second kappa shape index (κ2) is 4.37. The molecule has 1 N–H and O–H groups in total. The zero-order valence-electron chi connectivity index (χ0n) is 9.61. The molecule has 2 aromatic rings. The molecule has 1 unspecified atom stereocenters. The standard InChI is InChI=1S/C13H12ClFN2O/c14-12-11-6-5-8(18)7-17(11)13(16-12)9-3-1-2-4-10(9)15/h1-4,8,18H,5-7H2. The third-order valence-electron chi connectivity index (χ3n) is 3.25. The first-order valence-corrected chi connectivity index (χ1v) is 6.22. The molecule has 1 aliphatic rings. The lowest BCUT2D eigenvalue weighted by molar-refractivity contribution is 0.132. The Morgan fingerprint density at radius 2 is 2.17 bits per heavy atom. The molecule has 3 rings (SSSR count). The van der Waals surface area contributed by atoms with Gasteiger partial charge < -0.3 is 9.67 Å². The predicted molar refractivity (Wildman–Crippen MR) is 67.0 cm³/mol. The Morgan fingerprint density at radius 3 is 2.94 bits per heavy atom. The van der Waals surface area contributed by atoms with E-state index in [0.29, 0.717) is 35.9 Å². The van der Waals surface area contributed by atoms with Crippen LogP contribution in [0.2, 0.25) is 5.15 Å². The predicted octanol–water partition coefficient (Wildman–Crippen LogP) is 2.65. The van der Waals surface area contributed by atoms with Gasteiger partial charge in [0.15, 0.2) is 5.15 Å². The van der Waals surface area contributed by atoms with E-state index in [0.717, 1.165) is 5.69 Å². The van der Waals surface area contributed by atoms with Gasteiger partial charge >= 0.3 is 0 Å². The lowest BCUT2D eigenvalue weighted by atomic mass is 10.1. The van der Waals surface area contributed by atoms with Gasteiger partial charge in [0.05, 0.1) is 23.9 Å². The summed E-state index contributed by atoms with van der Waals surface area (Å²) in [6.07, 6.45) is 0.914. The van der Waals surface area contributed by atoms with Crippen LogP contribution < -0.4 is 0 Å². The number of fused-ring (bicyclic) bond motifs is 1. The van der Waals surface area contributed by atoms with Crippen LogP contribution in [0.1, 0.15) is 12.1 Å². The molecule has 2 heterocycles. The molecule has 0 fully saturated rings. The van der Waals surface area contributed by atoms with Crippen molar-refractivity contribution in [2.45, 2.75) is 25.5 Å². The minimum Gasteiger partial charge on any atom is -0.391 e. The Bertz CT molecular complexity index is 597. The van der Waals surface area contributed by atoms with E-state index >= 15 is 0 Å². The summed E-state index contributed by atoms with van der Waals surface area (Å²) in [6, 6.07) is 6.45. The summed E-state index contributed by atoms with van der Waals surface area (Å²) >= 11 is 6.08. The van der Waals surface area contributed by atoms with Crippen LogP contribution in [0.3, 0.4) is 0 Å². The summed E-state index contributed by atoms with van der Waals surface area (Å²) in [5.41, 5.74) is 1.29. The number of nitrogens with zero attached hydrogens (tertiary/aromatic N) is 2. The molecule has 1 aromatic heterocycles. The van der Waals surface area contributed by atoms with Crippen molar-refractivity contribution in [3.8, 4) is 11.4 Å². The van der Waals surface area contributed by atoms with E-state index in [1.807, 2.05) is 4.57 Å². The second-order valence-electron chi connectivity index (χ2n) is 4.46. The van der Waals surface area contributed by atoms with Crippen molar-refractivity contribution < 1.29 is 9.50 Å². The summed E-state index contributed by atoms with van der Waals surface area (Å²) in [7, 11) is 0. The van der Waals surface area contributed by atoms with Gasteiger partial charge in [0.1, 0.15) is 11.6 Å². The summed E-state index contributed by atoms with van der Waals surface area (Å²) in [5.74, 6) is 0.161. The molecule has 0 radical (unpaired) electrons. The van der Waals surface area contributed by atoms with Gasteiger partial charge in [-0.3, -0.25) is 0 Å². The molecule has 1 aliphatic heterocycles. The molecule has 1 atom stereocenters. The van der Waals surface area contributed by atoms with Crippen LogP contribution >= 0.6 is 11.6 Å². The van der Waals surface area contributed by atoms with E-state index in [1.54, 1.807) is 18.2 Å². The summed E-state index contributed by atoms with van der Waals surface area (Å²) < 4.78 is 15.6. The Hall–Kier alpha value is -1.39. The van der Waals surface area contributed by atoms with Crippen LogP contribution in [0.4, 0.5) is 4.39 Å². The number of benzene rings is 1. The topological polar surface area (TPSA) is 38.1 Å². The number of hydrogen-bond acceptors (Lipinski definition) is 2. The van der Waals surface area contributed by atoms with Crippen LogP contribution in [0.5, 0.6) is 0 Å². The van der Waals surface area contributed by atoms with Gasteiger partial charge in [0.2, 0.25) is 0 Å². The highest BCUT2D eigenvalue weighted by Gasteiger charge is 2.24. The largest absolute Gasteiger partial charge is 0.391 e. The zero-order chi connectivity index (χ0) is 12.7. The number of rotatable bonds is 1. The molecule has 5 heteroatoms. The zero-order valence-corrected chi connectivity index (χ0v) is 10.4. The fourth-order valence-electron chi connectivity index (χ4n) is 2.35. The van der Waals surface area contributed by atoms with E-state index in [1.165, 1.54) is 6.07 Å². The minimum atomic E-state index is -0.423. The molecule has 0 aliphatic carbocycles. The lowest BCUT2D eigenvalue weighted by Gasteiger charge is -2.21. The number of aliphatic hydroxyl groups is 1. The van der Waals surface area contributed by atoms with Gasteiger partial charge in [-0.15, -0.1) is 0 Å². The molecule has 94 valence electrons. The molecule has 0 amide bonds. The normalized spacial score (nSPS) is 18.7. The van der Waals surface area contributed by atoms with Crippen molar-refractivity contribution in [3.63, 3.8) is 0 Å². The fraction of sp³-hybridized carbons (Fsp3) is 0.308. The van der Waals surface area contributed by atoms with Gasteiger partial charge in [-0.05, 0) is 25.0 Å². The smallest absolute Gasteiger partial charge is 0.150 e. The van der Waals surface area contributed by atoms with Crippen molar-refractivity contribution in [1.29, 1.82) is 0 Å². The Kier molecular flexibility index (Phi) is 2.84. The molecule has 0 saturated carbocycles. The maximum absolute atomic E-state index is 13.8. The SMILES string of the molecule is OC1CCc2c(Cl)nc(-c3ccccc3F)n2C1. The van der Waals surface area contributed by atoms with Gasteiger partial charge in [0.25, 0.3) is 0 Å². The second-order valence-corrected chi connectivity index (χ2v) is 4.81. The highest BCUT2D eigenvalue weighted by molar-refractivity contribution is 6.30. The Balaban J connectivity index is 2.17. The van der Waals surface area contributed by atoms with Crippen LogP contribution in [0.25, 0.3) is 11.4 Å². The molecular weight excluding hydrogens is 255 g/mol. The summed E-state index contributed by atoms with van der Waals surface area (Å²) in [5, 5.41) is 10.1. The van der Waals surface area contributed by atoms with Crippen molar-refractivity contribution in [2.75, 3.05) is 0 Å². The maximum Gasteiger partial charge on any atom is 0.150 e. The summed E-state index contributed by atoms with van der Waals surface area (Å²) in [4.78, 5) is 4.24. The average molecular weight is 267 g/mol. The van der Waals surface area contributed by atoms with Crippen LogP contribution in [0.15, 0.2) is 24.3 Å². The summed E-state index contributed by atoms with van der Waals surface area (Å²) in [6.45, 7) is 0.415.